The Hall–Kier alpha value is -3.39. The molecule has 0 aliphatic rings. The fourth-order valence-corrected chi connectivity index (χ4v) is 3.21. The van der Waals surface area contributed by atoms with Gasteiger partial charge in [0.05, 0.1) is 12.0 Å². The number of benzene rings is 2. The molecule has 0 fully saturated rings. The number of allylic oxidation sites excluding steroid dienone is 1. The third kappa shape index (κ3) is 5.55. The number of H-pyrrole nitrogens is 1. The molecule has 0 unspecified atom stereocenters. The van der Waals surface area contributed by atoms with Gasteiger partial charge >= 0.3 is 0 Å². The van der Waals surface area contributed by atoms with Crippen molar-refractivity contribution in [2.75, 3.05) is 11.2 Å². The number of anilines is 1. The van der Waals surface area contributed by atoms with Crippen LogP contribution < -0.4 is 5.43 Å². The van der Waals surface area contributed by atoms with Gasteiger partial charge in [-0.1, -0.05) is 59.8 Å². The van der Waals surface area contributed by atoms with Crippen molar-refractivity contribution in [3.05, 3.63) is 77.4 Å². The molecule has 1 heterocycles. The lowest BCUT2D eigenvalue weighted by atomic mass is 10.1. The summed E-state index contributed by atoms with van der Waals surface area (Å²) in [6, 6.07) is 12.9. The van der Waals surface area contributed by atoms with Crippen LogP contribution in [0.3, 0.4) is 0 Å². The van der Waals surface area contributed by atoms with Crippen LogP contribution in [-0.4, -0.2) is 38.0 Å². The number of carbonyl (C=O) groups is 1. The highest BCUT2D eigenvalue weighted by Crippen LogP contribution is 2.22. The number of hydrogen-bond donors (Lipinski definition) is 3. The van der Waals surface area contributed by atoms with Crippen molar-refractivity contribution in [2.45, 2.75) is 18.5 Å². The van der Waals surface area contributed by atoms with Gasteiger partial charge in [-0.15, -0.1) is 11.7 Å². The van der Waals surface area contributed by atoms with E-state index < -0.39 is 0 Å². The first kappa shape index (κ1) is 20.3. The predicted octanol–water partition coefficient (Wildman–Crippen LogP) is 3.97. The normalized spacial score (nSPS) is 10.9. The number of nitrogens with zero attached hydrogens (tertiary/aromatic N) is 3. The molecule has 0 spiro atoms. The number of aromatic amines is 1. The van der Waals surface area contributed by atoms with Gasteiger partial charge in [-0.3, -0.25) is 4.79 Å². The molecular formula is C21H21N5O2S. The maximum absolute atomic E-state index is 12.2. The zero-order valence-electron chi connectivity index (χ0n) is 15.9. The first-order chi connectivity index (χ1) is 14.1. The number of phenolic OH excluding ortho intramolecular Hbond substituents is 1. The highest BCUT2D eigenvalue weighted by Gasteiger charge is 2.10. The Kier molecular flexibility index (Phi) is 6.80. The summed E-state index contributed by atoms with van der Waals surface area (Å²) in [6.45, 7) is 5.66. The van der Waals surface area contributed by atoms with E-state index in [0.29, 0.717) is 28.7 Å². The summed E-state index contributed by atoms with van der Waals surface area (Å²) in [4.78, 5) is 16.4. The number of carbonyl (C=O) groups excluding carboxylic acids is 1. The van der Waals surface area contributed by atoms with Crippen molar-refractivity contribution in [1.82, 2.24) is 15.2 Å². The van der Waals surface area contributed by atoms with Crippen LogP contribution in [-0.2, 0) is 6.42 Å². The van der Waals surface area contributed by atoms with Crippen LogP contribution in [0, 0.1) is 6.92 Å². The summed E-state index contributed by atoms with van der Waals surface area (Å²) in [7, 11) is 0. The van der Waals surface area contributed by atoms with Gasteiger partial charge in [-0.2, -0.15) is 10.1 Å². The van der Waals surface area contributed by atoms with Crippen molar-refractivity contribution >= 4 is 29.7 Å². The SMILES string of the molecule is C=CCc1cccc(/C=N/Nc2nc(SCC(=O)c3ccc(C)cc3)n[nH]2)c1O. The third-order valence-corrected chi connectivity index (χ3v) is 4.91. The zero-order chi connectivity index (χ0) is 20.6. The Balaban J connectivity index is 1.54. The first-order valence-corrected chi connectivity index (χ1v) is 9.91. The number of nitrogens with one attached hydrogen (secondary N) is 2. The van der Waals surface area contributed by atoms with E-state index in [-0.39, 0.29) is 17.3 Å². The van der Waals surface area contributed by atoms with E-state index in [2.05, 4.69) is 32.3 Å². The number of phenols is 1. The number of ketones is 1. The Bertz CT molecular complexity index is 1030. The fraction of sp³-hybridized carbons (Fsp3) is 0.143. The van der Waals surface area contributed by atoms with Gasteiger partial charge in [0.15, 0.2) is 5.78 Å². The van der Waals surface area contributed by atoms with Gasteiger partial charge < -0.3 is 5.11 Å². The minimum atomic E-state index is 0.0159. The Morgan fingerprint density at radius 3 is 2.86 bits per heavy atom. The summed E-state index contributed by atoms with van der Waals surface area (Å²) in [5.41, 5.74) is 5.86. The minimum Gasteiger partial charge on any atom is -0.507 e. The van der Waals surface area contributed by atoms with Crippen LogP contribution in [0.15, 0.2) is 65.4 Å². The van der Waals surface area contributed by atoms with E-state index in [4.69, 9.17) is 0 Å². The van der Waals surface area contributed by atoms with Crippen molar-refractivity contribution < 1.29 is 9.90 Å². The maximum Gasteiger partial charge on any atom is 0.240 e. The molecule has 2 aromatic carbocycles. The van der Waals surface area contributed by atoms with Gasteiger partial charge in [0, 0.05) is 11.1 Å². The molecule has 7 nitrogen and oxygen atoms in total. The number of Topliss-reactive ketones (excluding diaryl/α,β-unsaturated/α-hetero) is 1. The number of para-hydroxylation sites is 1. The van der Waals surface area contributed by atoms with Crippen LogP contribution in [0.4, 0.5) is 5.95 Å². The smallest absolute Gasteiger partial charge is 0.240 e. The third-order valence-electron chi connectivity index (χ3n) is 4.06. The average molecular weight is 407 g/mol. The van der Waals surface area contributed by atoms with E-state index in [1.54, 1.807) is 12.1 Å². The number of aryl methyl sites for hydroxylation is 1. The Morgan fingerprint density at radius 2 is 2.10 bits per heavy atom. The van der Waals surface area contributed by atoms with Crippen LogP contribution in [0.2, 0.25) is 0 Å². The molecule has 3 N–H and O–H groups in total. The number of aromatic hydroxyl groups is 1. The molecule has 1 aromatic heterocycles. The molecule has 0 amide bonds. The predicted molar refractivity (Wildman–Crippen MR) is 116 cm³/mol. The van der Waals surface area contributed by atoms with Crippen molar-refractivity contribution in [3.63, 3.8) is 0 Å². The fourth-order valence-electron chi connectivity index (χ4n) is 2.51. The van der Waals surface area contributed by atoms with Crippen LogP contribution in [0.1, 0.15) is 27.0 Å². The molecule has 0 aliphatic heterocycles. The van der Waals surface area contributed by atoms with Crippen LogP contribution in [0.25, 0.3) is 0 Å². The van der Waals surface area contributed by atoms with Gasteiger partial charge in [0.2, 0.25) is 11.1 Å². The Morgan fingerprint density at radius 1 is 1.31 bits per heavy atom. The molecule has 0 atom stereocenters. The van der Waals surface area contributed by atoms with E-state index in [1.165, 1.54) is 18.0 Å². The summed E-state index contributed by atoms with van der Waals surface area (Å²) >= 11 is 1.24. The molecule has 148 valence electrons. The topological polar surface area (TPSA) is 103 Å². The highest BCUT2D eigenvalue weighted by molar-refractivity contribution is 7.99. The summed E-state index contributed by atoms with van der Waals surface area (Å²) < 4.78 is 0. The monoisotopic (exact) mass is 407 g/mol. The molecule has 0 saturated carbocycles. The lowest BCUT2D eigenvalue weighted by molar-refractivity contribution is 0.102. The van der Waals surface area contributed by atoms with Gasteiger partial charge in [0.1, 0.15) is 5.75 Å². The molecule has 0 saturated heterocycles. The maximum atomic E-state index is 12.2. The quantitative estimate of drug-likeness (QED) is 0.163. The minimum absolute atomic E-state index is 0.0159. The van der Waals surface area contributed by atoms with Crippen molar-refractivity contribution in [2.24, 2.45) is 5.10 Å². The second-order valence-electron chi connectivity index (χ2n) is 6.26. The standard InChI is InChI=1S/C21H21N5O2S/c1-3-5-16-6-4-7-17(19(16)28)12-22-24-20-23-21(26-25-20)29-13-18(27)15-10-8-14(2)9-11-15/h3-4,6-12,28H,1,5,13H2,2H3,(H2,23,24,25,26)/b22-12+. The molecular weight excluding hydrogens is 386 g/mol. The number of hydrazone groups is 1. The lowest BCUT2D eigenvalue weighted by Crippen LogP contribution is -2.02. The number of rotatable bonds is 9. The van der Waals surface area contributed by atoms with Crippen LogP contribution >= 0.6 is 11.8 Å². The van der Waals surface area contributed by atoms with E-state index in [1.807, 2.05) is 43.3 Å². The highest BCUT2D eigenvalue weighted by atomic mass is 32.2. The largest absolute Gasteiger partial charge is 0.507 e. The number of hydrogen-bond acceptors (Lipinski definition) is 7. The van der Waals surface area contributed by atoms with Gasteiger partial charge in [-0.25, -0.2) is 10.5 Å². The number of aromatic nitrogens is 3. The second-order valence-corrected chi connectivity index (χ2v) is 7.20. The summed E-state index contributed by atoms with van der Waals surface area (Å²) in [6.07, 6.45) is 3.80. The lowest BCUT2D eigenvalue weighted by Gasteiger charge is -2.04. The molecule has 0 radical (unpaired) electrons. The van der Waals surface area contributed by atoms with Crippen LogP contribution in [0.5, 0.6) is 5.75 Å². The van der Waals surface area contributed by atoms with Crippen molar-refractivity contribution in [1.29, 1.82) is 0 Å². The van der Waals surface area contributed by atoms with E-state index >= 15 is 0 Å². The average Bonchev–Trinajstić information content (AvgIpc) is 3.17. The summed E-state index contributed by atoms with van der Waals surface area (Å²) in [5.74, 6) is 0.769. The molecule has 29 heavy (non-hydrogen) atoms. The first-order valence-electron chi connectivity index (χ1n) is 8.92. The second kappa shape index (κ2) is 9.70. The molecule has 0 aliphatic carbocycles. The zero-order valence-corrected chi connectivity index (χ0v) is 16.7. The van der Waals surface area contributed by atoms with E-state index in [0.717, 1.165) is 11.1 Å². The van der Waals surface area contributed by atoms with Crippen molar-refractivity contribution in [3.8, 4) is 5.75 Å². The molecule has 8 heteroatoms. The molecule has 3 aromatic rings. The van der Waals surface area contributed by atoms with E-state index in [9.17, 15) is 9.90 Å². The van der Waals surface area contributed by atoms with Gasteiger partial charge in [0.25, 0.3) is 0 Å². The molecule has 0 bridgehead atoms. The Labute approximate surface area is 173 Å². The number of thioether (sulfide) groups is 1. The van der Waals surface area contributed by atoms with Gasteiger partial charge in [-0.05, 0) is 25.0 Å². The summed E-state index contributed by atoms with van der Waals surface area (Å²) in [5, 5.41) is 21.5. The molecule has 3 rings (SSSR count).